The van der Waals surface area contributed by atoms with Gasteiger partial charge in [0.2, 0.25) is 0 Å². The third-order valence-electron chi connectivity index (χ3n) is 5.39. The Bertz CT molecular complexity index is 1300. The fraction of sp³-hybridized carbons (Fsp3) is 0.192. The summed E-state index contributed by atoms with van der Waals surface area (Å²) in [5.41, 5.74) is 7.50. The van der Waals surface area contributed by atoms with E-state index in [2.05, 4.69) is 20.9 Å². The molecule has 0 saturated carbocycles. The molecule has 0 radical (unpaired) electrons. The molecule has 2 aromatic carbocycles. The van der Waals surface area contributed by atoms with Crippen molar-refractivity contribution >= 4 is 40.6 Å². The van der Waals surface area contributed by atoms with Crippen LogP contribution < -0.4 is 5.32 Å². The molecular weight excluding hydrogens is 434 g/mol. The largest absolute Gasteiger partial charge is 0.465 e. The lowest BCUT2D eigenvalue weighted by Gasteiger charge is -2.10. The second-order valence-corrected chi connectivity index (χ2v) is 9.06. The fourth-order valence-electron chi connectivity index (χ4n) is 3.95. The molecule has 168 valence electrons. The number of nitrogens with one attached hydrogen (secondary N) is 1. The molecule has 2 heterocycles. The van der Waals surface area contributed by atoms with Crippen LogP contribution in [0.2, 0.25) is 0 Å². The molecule has 1 amide bonds. The summed E-state index contributed by atoms with van der Waals surface area (Å²) in [6.45, 7) is 8.08. The first-order valence-corrected chi connectivity index (χ1v) is 11.3. The number of esters is 1. The molecule has 1 aliphatic rings. The molecule has 0 unspecified atom stereocenters. The van der Waals surface area contributed by atoms with E-state index in [1.54, 1.807) is 12.1 Å². The molecule has 4 rings (SSSR count). The number of hydrogen-bond donors (Lipinski definition) is 1. The van der Waals surface area contributed by atoms with Crippen molar-refractivity contribution in [2.45, 2.75) is 27.7 Å². The molecule has 33 heavy (non-hydrogen) atoms. The van der Waals surface area contributed by atoms with Crippen LogP contribution in [0.5, 0.6) is 0 Å². The molecule has 0 aliphatic carbocycles. The molecule has 1 fully saturated rings. The first-order chi connectivity index (χ1) is 15.7. The minimum Gasteiger partial charge on any atom is -0.465 e. The van der Waals surface area contributed by atoms with Crippen molar-refractivity contribution in [3.05, 3.63) is 87.1 Å². The summed E-state index contributed by atoms with van der Waals surface area (Å²) in [6.07, 6.45) is 1.89. The van der Waals surface area contributed by atoms with Gasteiger partial charge in [-0.2, -0.15) is 0 Å². The molecule has 7 heteroatoms. The number of methoxy groups -OCH3 is 1. The molecule has 0 atom stereocenters. The predicted molar refractivity (Wildman–Crippen MR) is 133 cm³/mol. The van der Waals surface area contributed by atoms with Crippen LogP contribution in [0.1, 0.15) is 38.4 Å². The number of carbonyl (C=O) groups excluding carboxylic acids is 2. The summed E-state index contributed by atoms with van der Waals surface area (Å²) in [7, 11) is 1.37. The zero-order chi connectivity index (χ0) is 23.7. The maximum absolute atomic E-state index is 12.6. The Labute approximate surface area is 197 Å². The van der Waals surface area contributed by atoms with Gasteiger partial charge in [-0.1, -0.05) is 6.07 Å². The van der Waals surface area contributed by atoms with E-state index in [1.807, 2.05) is 64.1 Å². The van der Waals surface area contributed by atoms with Crippen molar-refractivity contribution in [2.75, 3.05) is 7.11 Å². The van der Waals surface area contributed by atoms with E-state index < -0.39 is 0 Å². The quantitative estimate of drug-likeness (QED) is 0.419. The molecule has 3 aromatic rings. The summed E-state index contributed by atoms with van der Waals surface area (Å²) in [5.74, 6) is -0.522. The fourth-order valence-corrected chi connectivity index (χ4v) is 4.78. The van der Waals surface area contributed by atoms with E-state index >= 15 is 0 Å². The highest BCUT2D eigenvalue weighted by Crippen LogP contribution is 2.31. The first-order valence-electron chi connectivity index (χ1n) is 10.5. The molecule has 0 spiro atoms. The Kier molecular flexibility index (Phi) is 6.24. The zero-order valence-electron chi connectivity index (χ0n) is 19.2. The number of amides is 1. The molecule has 6 nitrogen and oxygen atoms in total. The topological polar surface area (TPSA) is 72.7 Å². The van der Waals surface area contributed by atoms with Crippen molar-refractivity contribution in [2.24, 2.45) is 4.99 Å². The van der Waals surface area contributed by atoms with Gasteiger partial charge in [0.15, 0.2) is 5.17 Å². The second-order valence-electron chi connectivity index (χ2n) is 8.03. The summed E-state index contributed by atoms with van der Waals surface area (Å²) in [5, 5.41) is 3.43. The lowest BCUT2D eigenvalue weighted by atomic mass is 10.1. The highest BCUT2D eigenvalue weighted by Gasteiger charge is 2.24. The van der Waals surface area contributed by atoms with Gasteiger partial charge in [0, 0.05) is 17.1 Å². The highest BCUT2D eigenvalue weighted by atomic mass is 32.2. The van der Waals surface area contributed by atoms with E-state index in [4.69, 9.17) is 4.74 Å². The Morgan fingerprint density at radius 3 is 2.33 bits per heavy atom. The van der Waals surface area contributed by atoms with Gasteiger partial charge in [-0.05, 0) is 105 Å². The number of benzene rings is 2. The smallest absolute Gasteiger partial charge is 0.337 e. The van der Waals surface area contributed by atoms with Crippen molar-refractivity contribution in [3.63, 3.8) is 0 Å². The van der Waals surface area contributed by atoms with E-state index in [0.29, 0.717) is 15.6 Å². The lowest BCUT2D eigenvalue weighted by molar-refractivity contribution is -0.115. The predicted octanol–water partition coefficient (Wildman–Crippen LogP) is 5.39. The molecule has 1 aromatic heterocycles. The number of amidine groups is 1. The molecular formula is C26H25N3O3S. The van der Waals surface area contributed by atoms with E-state index in [1.165, 1.54) is 18.9 Å². The van der Waals surface area contributed by atoms with Gasteiger partial charge in [-0.25, -0.2) is 9.79 Å². The van der Waals surface area contributed by atoms with Crippen molar-refractivity contribution in [1.82, 2.24) is 9.88 Å². The van der Waals surface area contributed by atoms with Crippen LogP contribution in [0.15, 0.2) is 58.4 Å². The van der Waals surface area contributed by atoms with Gasteiger partial charge in [-0.15, -0.1) is 0 Å². The van der Waals surface area contributed by atoms with Crippen molar-refractivity contribution < 1.29 is 14.3 Å². The van der Waals surface area contributed by atoms with Crippen molar-refractivity contribution in [3.8, 4) is 5.69 Å². The maximum atomic E-state index is 12.6. The Morgan fingerprint density at radius 2 is 1.70 bits per heavy atom. The van der Waals surface area contributed by atoms with Crippen LogP contribution in [-0.2, 0) is 9.53 Å². The average molecular weight is 460 g/mol. The summed E-state index contributed by atoms with van der Waals surface area (Å²) >= 11 is 1.34. The zero-order valence-corrected chi connectivity index (χ0v) is 20.0. The highest BCUT2D eigenvalue weighted by molar-refractivity contribution is 8.18. The van der Waals surface area contributed by atoms with E-state index in [-0.39, 0.29) is 11.9 Å². The number of rotatable bonds is 4. The molecule has 1 saturated heterocycles. The van der Waals surface area contributed by atoms with Gasteiger partial charge in [-0.3, -0.25) is 4.79 Å². The Morgan fingerprint density at radius 1 is 1.03 bits per heavy atom. The first kappa shape index (κ1) is 22.6. The third-order valence-corrected chi connectivity index (χ3v) is 6.30. The van der Waals surface area contributed by atoms with Gasteiger partial charge in [0.1, 0.15) is 0 Å². The van der Waals surface area contributed by atoms with Crippen LogP contribution in [0.3, 0.4) is 0 Å². The average Bonchev–Trinajstić information content (AvgIpc) is 3.24. The SMILES string of the molecule is COC(=O)c1ccc(-n2c(C)cc(/C=C3/SC(=Nc4cc(C)cc(C)c4)NC3=O)c2C)cc1. The number of aliphatic imine (C=N–C) groups is 1. The van der Waals surface area contributed by atoms with E-state index in [0.717, 1.165) is 39.5 Å². The van der Waals surface area contributed by atoms with Gasteiger partial charge >= 0.3 is 5.97 Å². The second kappa shape index (κ2) is 9.11. The minimum absolute atomic E-state index is 0.157. The van der Waals surface area contributed by atoms with Crippen LogP contribution in [0, 0.1) is 27.7 Å². The third kappa shape index (κ3) is 4.78. The number of ether oxygens (including phenoxy) is 1. The number of thioether (sulfide) groups is 1. The van der Waals surface area contributed by atoms with Gasteiger partial charge < -0.3 is 14.6 Å². The summed E-state index contributed by atoms with van der Waals surface area (Å²) < 4.78 is 6.86. The minimum atomic E-state index is -0.365. The molecule has 1 N–H and O–H groups in total. The van der Waals surface area contributed by atoms with E-state index in [9.17, 15) is 9.59 Å². The number of aromatic nitrogens is 1. The number of nitrogens with zero attached hydrogens (tertiary/aromatic N) is 2. The van der Waals surface area contributed by atoms with Crippen molar-refractivity contribution in [1.29, 1.82) is 0 Å². The maximum Gasteiger partial charge on any atom is 0.337 e. The van der Waals surface area contributed by atoms with Gasteiger partial charge in [0.05, 0.1) is 23.3 Å². The number of aryl methyl sites for hydroxylation is 3. The molecule has 0 bridgehead atoms. The monoisotopic (exact) mass is 459 g/mol. The van der Waals surface area contributed by atoms with Gasteiger partial charge in [0.25, 0.3) is 5.91 Å². The standard InChI is InChI=1S/C26H25N3O3S/c1-15-10-16(2)12-21(11-15)27-26-28-24(30)23(33-26)14-20-13-17(3)29(18(20)4)22-8-6-19(7-9-22)25(31)32-5/h6-14H,1-5H3,(H,27,28,30)/b23-14+. The van der Waals surface area contributed by atoms with Crippen LogP contribution in [0.25, 0.3) is 11.8 Å². The molecule has 1 aliphatic heterocycles. The number of carbonyl (C=O) groups is 2. The Hall–Kier alpha value is -3.58. The number of hydrogen-bond acceptors (Lipinski definition) is 5. The Balaban J connectivity index is 1.61. The van der Waals surface area contributed by atoms with Crippen LogP contribution in [-0.4, -0.2) is 28.7 Å². The lowest BCUT2D eigenvalue weighted by Crippen LogP contribution is -2.19. The summed E-state index contributed by atoms with van der Waals surface area (Å²) in [4.78, 5) is 29.5. The normalized spacial score (nSPS) is 15.8. The summed E-state index contributed by atoms with van der Waals surface area (Å²) in [6, 6.07) is 15.4. The van der Waals surface area contributed by atoms with Crippen LogP contribution >= 0.6 is 11.8 Å². The van der Waals surface area contributed by atoms with Crippen LogP contribution in [0.4, 0.5) is 5.69 Å².